The number of oxime groups is 1. The van der Waals surface area contributed by atoms with Crippen LogP contribution in [0, 0.1) is 0 Å². The number of hydrogen-bond acceptors (Lipinski definition) is 6. The number of aromatic nitrogens is 2. The van der Waals surface area contributed by atoms with Crippen molar-refractivity contribution in [3.8, 4) is 5.88 Å². The van der Waals surface area contributed by atoms with Crippen LogP contribution in [-0.2, 0) is 6.54 Å². The number of fused-ring (bicyclic) bond motifs is 1. The highest BCUT2D eigenvalue weighted by Crippen LogP contribution is 2.39. The number of hydrogen-bond donors (Lipinski definition) is 2. The highest BCUT2D eigenvalue weighted by atomic mass is 35.5. The van der Waals surface area contributed by atoms with Gasteiger partial charge >= 0.3 is 0 Å². The Balaban J connectivity index is 1.68. The topological polar surface area (TPSA) is 112 Å². The van der Waals surface area contributed by atoms with Gasteiger partial charge in [-0.15, -0.1) is 10.2 Å². The van der Waals surface area contributed by atoms with Crippen LogP contribution in [0.4, 0.5) is 5.69 Å². The van der Waals surface area contributed by atoms with Crippen LogP contribution in [0.2, 0.25) is 5.02 Å². The van der Waals surface area contributed by atoms with Crippen molar-refractivity contribution < 1.29 is 15.1 Å². The van der Waals surface area contributed by atoms with E-state index in [4.69, 9.17) is 16.8 Å². The molecule has 0 spiro atoms. The second-order valence-corrected chi connectivity index (χ2v) is 7.00. The SMILES string of the molecule is O=C(N=Nc1c(O)n(Cc2ccccc2Cl)c2ccccc12)c1ccc(/C=N/O)nc1. The van der Waals surface area contributed by atoms with Gasteiger partial charge in [-0.25, -0.2) is 0 Å². The predicted octanol–water partition coefficient (Wildman–Crippen LogP) is 5.18. The van der Waals surface area contributed by atoms with Gasteiger partial charge in [0.25, 0.3) is 5.91 Å². The van der Waals surface area contributed by atoms with Crippen molar-refractivity contribution in [1.82, 2.24) is 9.55 Å². The first-order valence-corrected chi connectivity index (χ1v) is 9.59. The summed E-state index contributed by atoms with van der Waals surface area (Å²) in [6.07, 6.45) is 2.45. The summed E-state index contributed by atoms with van der Waals surface area (Å²) in [5.41, 5.74) is 2.34. The molecule has 9 heteroatoms. The zero-order valence-electron chi connectivity index (χ0n) is 16.1. The molecule has 2 aromatic heterocycles. The fraction of sp³-hybridized carbons (Fsp3) is 0.0455. The summed E-state index contributed by atoms with van der Waals surface area (Å²) in [5, 5.41) is 31.3. The maximum absolute atomic E-state index is 12.4. The van der Waals surface area contributed by atoms with E-state index in [9.17, 15) is 9.90 Å². The standard InChI is InChI=1S/C22H16ClN5O3/c23-18-7-3-1-5-15(18)13-28-19-8-4-2-6-17(19)20(22(28)30)26-27-21(29)14-9-10-16(12-25-31)24-11-14/h1-12,30-31H,13H2/b25-12+,27-26?. The van der Waals surface area contributed by atoms with Gasteiger partial charge in [0.05, 0.1) is 29.5 Å². The number of amides is 1. The molecular formula is C22H16ClN5O3. The first-order valence-electron chi connectivity index (χ1n) is 9.21. The van der Waals surface area contributed by atoms with E-state index < -0.39 is 5.91 Å². The van der Waals surface area contributed by atoms with Gasteiger partial charge in [0, 0.05) is 16.6 Å². The van der Waals surface area contributed by atoms with E-state index >= 15 is 0 Å². The molecule has 0 radical (unpaired) electrons. The normalized spacial score (nSPS) is 11.6. The minimum absolute atomic E-state index is 0.120. The molecule has 0 fully saturated rings. The number of carbonyl (C=O) groups is 1. The van der Waals surface area contributed by atoms with E-state index in [-0.39, 0.29) is 17.1 Å². The minimum atomic E-state index is -0.623. The summed E-state index contributed by atoms with van der Waals surface area (Å²) in [6, 6.07) is 17.7. The van der Waals surface area contributed by atoms with E-state index in [1.165, 1.54) is 18.3 Å². The van der Waals surface area contributed by atoms with Crippen LogP contribution in [0.15, 0.2) is 82.2 Å². The van der Waals surface area contributed by atoms with Gasteiger partial charge in [0.15, 0.2) is 5.69 Å². The van der Waals surface area contributed by atoms with Crippen molar-refractivity contribution in [3.05, 3.63) is 88.7 Å². The van der Waals surface area contributed by atoms with Crippen LogP contribution in [0.1, 0.15) is 21.6 Å². The average Bonchev–Trinajstić information content (AvgIpc) is 3.05. The Labute approximate surface area is 181 Å². The Morgan fingerprint density at radius 2 is 1.87 bits per heavy atom. The zero-order valence-corrected chi connectivity index (χ0v) is 16.8. The van der Waals surface area contributed by atoms with E-state index in [2.05, 4.69) is 20.4 Å². The molecule has 2 N–H and O–H groups in total. The number of rotatable bonds is 5. The maximum Gasteiger partial charge on any atom is 0.296 e. The molecule has 0 saturated carbocycles. The highest BCUT2D eigenvalue weighted by Gasteiger charge is 2.18. The van der Waals surface area contributed by atoms with Gasteiger partial charge in [0.2, 0.25) is 5.88 Å². The molecule has 2 aromatic carbocycles. The Morgan fingerprint density at radius 3 is 2.61 bits per heavy atom. The maximum atomic E-state index is 12.4. The number of pyridine rings is 1. The van der Waals surface area contributed by atoms with Crippen molar-refractivity contribution in [2.75, 3.05) is 0 Å². The smallest absolute Gasteiger partial charge is 0.296 e. The molecule has 1 amide bonds. The minimum Gasteiger partial charge on any atom is -0.493 e. The van der Waals surface area contributed by atoms with E-state index in [0.29, 0.717) is 22.6 Å². The Kier molecular flexibility index (Phi) is 5.72. The van der Waals surface area contributed by atoms with Gasteiger partial charge < -0.3 is 14.9 Å². The molecule has 4 aromatic rings. The number of azo groups is 1. The van der Waals surface area contributed by atoms with Gasteiger partial charge in [-0.05, 0) is 29.8 Å². The monoisotopic (exact) mass is 433 g/mol. The van der Waals surface area contributed by atoms with Gasteiger partial charge in [-0.2, -0.15) is 0 Å². The average molecular weight is 434 g/mol. The lowest BCUT2D eigenvalue weighted by atomic mass is 10.2. The van der Waals surface area contributed by atoms with Gasteiger partial charge in [-0.3, -0.25) is 9.78 Å². The first kappa shape index (κ1) is 20.2. The number of nitrogens with zero attached hydrogens (tertiary/aromatic N) is 5. The molecule has 0 aliphatic rings. The second-order valence-electron chi connectivity index (χ2n) is 6.59. The van der Waals surface area contributed by atoms with Crippen molar-refractivity contribution in [3.63, 3.8) is 0 Å². The van der Waals surface area contributed by atoms with Crippen molar-refractivity contribution >= 4 is 40.3 Å². The van der Waals surface area contributed by atoms with Crippen molar-refractivity contribution in [1.29, 1.82) is 0 Å². The molecule has 0 aliphatic carbocycles. The number of benzene rings is 2. The van der Waals surface area contributed by atoms with Crippen LogP contribution in [0.5, 0.6) is 5.88 Å². The largest absolute Gasteiger partial charge is 0.493 e. The number of aromatic hydroxyl groups is 1. The molecule has 0 bridgehead atoms. The summed E-state index contributed by atoms with van der Waals surface area (Å²) >= 11 is 6.28. The summed E-state index contributed by atoms with van der Waals surface area (Å²) in [4.78, 5) is 16.4. The summed E-state index contributed by atoms with van der Waals surface area (Å²) in [5.74, 6) is -0.743. The van der Waals surface area contributed by atoms with E-state index in [1.807, 2.05) is 36.4 Å². The molecule has 0 unspecified atom stereocenters. The van der Waals surface area contributed by atoms with Crippen LogP contribution in [0.3, 0.4) is 0 Å². The quantitative estimate of drug-likeness (QED) is 0.195. The lowest BCUT2D eigenvalue weighted by Crippen LogP contribution is -1.99. The van der Waals surface area contributed by atoms with Crippen molar-refractivity contribution in [2.45, 2.75) is 6.54 Å². The lowest BCUT2D eigenvalue weighted by Gasteiger charge is -2.08. The van der Waals surface area contributed by atoms with Crippen LogP contribution >= 0.6 is 11.6 Å². The summed E-state index contributed by atoms with van der Waals surface area (Å²) < 4.78 is 1.67. The first-order chi connectivity index (χ1) is 15.1. The van der Waals surface area contributed by atoms with Gasteiger partial charge in [0.1, 0.15) is 0 Å². The second kappa shape index (κ2) is 8.76. The zero-order chi connectivity index (χ0) is 21.8. The number of para-hydroxylation sites is 1. The molecular weight excluding hydrogens is 418 g/mol. The van der Waals surface area contributed by atoms with Crippen LogP contribution < -0.4 is 0 Å². The molecule has 0 atom stereocenters. The lowest BCUT2D eigenvalue weighted by molar-refractivity contribution is 0.0994. The molecule has 4 rings (SSSR count). The Morgan fingerprint density at radius 1 is 1.10 bits per heavy atom. The van der Waals surface area contributed by atoms with E-state index in [1.54, 1.807) is 16.7 Å². The molecule has 154 valence electrons. The fourth-order valence-corrected chi connectivity index (χ4v) is 3.34. The van der Waals surface area contributed by atoms with E-state index in [0.717, 1.165) is 17.3 Å². The third-order valence-electron chi connectivity index (χ3n) is 4.67. The molecule has 2 heterocycles. The van der Waals surface area contributed by atoms with Crippen molar-refractivity contribution in [2.24, 2.45) is 15.4 Å². The summed E-state index contributed by atoms with van der Waals surface area (Å²) in [7, 11) is 0. The number of halogens is 1. The van der Waals surface area contributed by atoms with Crippen LogP contribution in [-0.4, -0.2) is 32.0 Å². The highest BCUT2D eigenvalue weighted by molar-refractivity contribution is 6.31. The molecule has 8 nitrogen and oxygen atoms in total. The third-order valence-corrected chi connectivity index (χ3v) is 5.04. The van der Waals surface area contributed by atoms with Gasteiger partial charge in [-0.1, -0.05) is 53.2 Å². The Hall–Kier alpha value is -4.04. The molecule has 31 heavy (non-hydrogen) atoms. The van der Waals surface area contributed by atoms with Crippen LogP contribution in [0.25, 0.3) is 10.9 Å². The molecule has 0 saturated heterocycles. The third kappa shape index (κ3) is 4.15. The fourth-order valence-electron chi connectivity index (χ4n) is 3.15. The number of carbonyl (C=O) groups excluding carboxylic acids is 1. The predicted molar refractivity (Wildman–Crippen MR) is 117 cm³/mol. The molecule has 0 aliphatic heterocycles. The summed E-state index contributed by atoms with van der Waals surface area (Å²) in [6.45, 7) is 0.327. The Bertz CT molecular complexity index is 1310.